The Hall–Kier alpha value is -1.77. The Labute approximate surface area is 108 Å². The second-order valence-corrected chi connectivity index (χ2v) is 5.19. The van der Waals surface area contributed by atoms with Gasteiger partial charge in [-0.05, 0) is 50.7 Å². The van der Waals surface area contributed by atoms with Gasteiger partial charge in [-0.1, -0.05) is 23.8 Å². The quantitative estimate of drug-likeness (QED) is 0.519. The second-order valence-electron chi connectivity index (χ2n) is 5.19. The zero-order valence-corrected chi connectivity index (χ0v) is 10.7. The number of carbonyl (C=O) groups excluding carboxylic acids is 1. The Morgan fingerprint density at radius 2 is 2.17 bits per heavy atom. The number of aliphatic hydroxyl groups is 1. The van der Waals surface area contributed by atoms with Gasteiger partial charge in [0.05, 0.1) is 5.41 Å². The predicted octanol–water partition coefficient (Wildman–Crippen LogP) is 2.00. The van der Waals surface area contributed by atoms with Crippen LogP contribution in [-0.2, 0) is 4.79 Å². The average Bonchev–Trinajstić information content (AvgIpc) is 2.35. The molecule has 1 N–H and O–H groups in total. The van der Waals surface area contributed by atoms with E-state index in [4.69, 9.17) is 0 Å². The number of hydrogen-bond donors (Lipinski definition) is 1. The third kappa shape index (κ3) is 2.55. The zero-order valence-electron chi connectivity index (χ0n) is 10.7. The van der Waals surface area contributed by atoms with Gasteiger partial charge in [0.25, 0.3) is 0 Å². The van der Waals surface area contributed by atoms with Crippen LogP contribution >= 0.6 is 0 Å². The molecule has 18 heavy (non-hydrogen) atoms. The van der Waals surface area contributed by atoms with Gasteiger partial charge >= 0.3 is 0 Å². The SMILES string of the molecule is CC1(C)C#C/C=C2/CCCC=C2C#CC(=O)C1O. The summed E-state index contributed by atoms with van der Waals surface area (Å²) in [6.45, 7) is 3.50. The summed E-state index contributed by atoms with van der Waals surface area (Å²) < 4.78 is 0. The standard InChI is InChI=1S/C16H16O2/c1-16(2)11-5-8-12-6-3-4-7-13(12)9-10-14(17)15(16)18/h7-8,15,18H,3-4,6H2,1-2H3/b12-8-. The minimum Gasteiger partial charge on any atom is -0.383 e. The van der Waals surface area contributed by atoms with Crippen molar-refractivity contribution >= 4 is 5.78 Å². The highest BCUT2D eigenvalue weighted by Gasteiger charge is 2.31. The summed E-state index contributed by atoms with van der Waals surface area (Å²) in [4.78, 5) is 11.8. The molecule has 0 aromatic carbocycles. The maximum absolute atomic E-state index is 11.8. The maximum Gasteiger partial charge on any atom is 0.235 e. The lowest BCUT2D eigenvalue weighted by atomic mass is 9.84. The van der Waals surface area contributed by atoms with Crippen LogP contribution in [-0.4, -0.2) is 17.0 Å². The minimum absolute atomic E-state index is 0.456. The first kappa shape index (κ1) is 12.7. The van der Waals surface area contributed by atoms with Crippen molar-refractivity contribution in [1.29, 1.82) is 0 Å². The van der Waals surface area contributed by atoms with Crippen LogP contribution < -0.4 is 0 Å². The number of aliphatic hydroxyl groups excluding tert-OH is 1. The fourth-order valence-electron chi connectivity index (χ4n) is 1.99. The van der Waals surface area contributed by atoms with E-state index in [0.29, 0.717) is 0 Å². The Bertz CT molecular complexity index is 553. The van der Waals surface area contributed by atoms with Crippen LogP contribution in [0, 0.1) is 29.1 Å². The first-order valence-electron chi connectivity index (χ1n) is 6.17. The van der Waals surface area contributed by atoms with Crippen molar-refractivity contribution in [2.24, 2.45) is 5.41 Å². The highest BCUT2D eigenvalue weighted by atomic mass is 16.3. The Balaban J connectivity index is 2.50. The number of allylic oxidation sites excluding steroid dienone is 4. The molecule has 0 amide bonds. The molecule has 2 nitrogen and oxygen atoms in total. The topological polar surface area (TPSA) is 37.3 Å². The molecule has 0 heterocycles. The van der Waals surface area contributed by atoms with Gasteiger partial charge in [0.15, 0.2) is 0 Å². The van der Waals surface area contributed by atoms with Gasteiger partial charge < -0.3 is 5.11 Å². The molecular weight excluding hydrogens is 224 g/mol. The highest BCUT2D eigenvalue weighted by Crippen LogP contribution is 2.25. The van der Waals surface area contributed by atoms with Gasteiger partial charge in [0.1, 0.15) is 6.10 Å². The van der Waals surface area contributed by atoms with E-state index < -0.39 is 17.3 Å². The fraction of sp³-hybridized carbons (Fsp3) is 0.438. The normalized spacial score (nSPS) is 28.4. The maximum atomic E-state index is 11.8. The Morgan fingerprint density at radius 3 is 2.94 bits per heavy atom. The van der Waals surface area contributed by atoms with Crippen LogP contribution in [0.1, 0.15) is 33.1 Å². The van der Waals surface area contributed by atoms with Gasteiger partial charge in [-0.2, -0.15) is 0 Å². The predicted molar refractivity (Wildman–Crippen MR) is 70.4 cm³/mol. The van der Waals surface area contributed by atoms with Crippen LogP contribution in [0.2, 0.25) is 0 Å². The van der Waals surface area contributed by atoms with Gasteiger partial charge in [-0.3, -0.25) is 4.79 Å². The lowest BCUT2D eigenvalue weighted by Gasteiger charge is -2.22. The highest BCUT2D eigenvalue weighted by molar-refractivity contribution is 6.00. The summed E-state index contributed by atoms with van der Waals surface area (Å²) in [5.74, 6) is 10.9. The van der Waals surface area contributed by atoms with Crippen molar-refractivity contribution in [3.63, 3.8) is 0 Å². The molecule has 0 saturated heterocycles. The molecule has 0 spiro atoms. The summed E-state index contributed by atoms with van der Waals surface area (Å²) >= 11 is 0. The van der Waals surface area contributed by atoms with E-state index in [2.05, 4.69) is 23.7 Å². The van der Waals surface area contributed by atoms with Crippen LogP contribution in [0.5, 0.6) is 0 Å². The van der Waals surface area contributed by atoms with Gasteiger partial charge in [-0.25, -0.2) is 0 Å². The molecule has 0 saturated carbocycles. The Kier molecular flexibility index (Phi) is 3.41. The van der Waals surface area contributed by atoms with E-state index in [1.54, 1.807) is 13.8 Å². The monoisotopic (exact) mass is 240 g/mol. The molecule has 92 valence electrons. The van der Waals surface area contributed by atoms with Gasteiger partial charge in [-0.15, -0.1) is 0 Å². The largest absolute Gasteiger partial charge is 0.383 e. The molecule has 0 aliphatic heterocycles. The van der Waals surface area contributed by atoms with Crippen LogP contribution in [0.25, 0.3) is 0 Å². The van der Waals surface area contributed by atoms with Crippen molar-refractivity contribution in [3.8, 4) is 23.7 Å². The van der Waals surface area contributed by atoms with E-state index in [-0.39, 0.29) is 0 Å². The van der Waals surface area contributed by atoms with Crippen molar-refractivity contribution in [2.75, 3.05) is 0 Å². The molecule has 0 aromatic rings. The van der Waals surface area contributed by atoms with E-state index in [1.165, 1.54) is 0 Å². The van der Waals surface area contributed by atoms with Crippen molar-refractivity contribution in [2.45, 2.75) is 39.2 Å². The third-order valence-electron chi connectivity index (χ3n) is 3.24. The lowest BCUT2D eigenvalue weighted by Crippen LogP contribution is -2.34. The summed E-state index contributed by atoms with van der Waals surface area (Å²) in [7, 11) is 0. The molecule has 2 rings (SSSR count). The van der Waals surface area contributed by atoms with E-state index in [1.807, 2.05) is 12.2 Å². The molecule has 1 unspecified atom stereocenters. The molecule has 0 aromatic heterocycles. The molecule has 0 bridgehead atoms. The van der Waals surface area contributed by atoms with Crippen LogP contribution in [0.4, 0.5) is 0 Å². The third-order valence-corrected chi connectivity index (χ3v) is 3.24. The van der Waals surface area contributed by atoms with Crippen molar-refractivity contribution < 1.29 is 9.90 Å². The first-order chi connectivity index (χ1) is 8.50. The number of carbonyl (C=O) groups is 1. The van der Waals surface area contributed by atoms with E-state index in [0.717, 1.165) is 30.4 Å². The second kappa shape index (κ2) is 4.84. The van der Waals surface area contributed by atoms with Gasteiger partial charge in [0, 0.05) is 5.57 Å². The van der Waals surface area contributed by atoms with Crippen LogP contribution in [0.3, 0.4) is 0 Å². The van der Waals surface area contributed by atoms with E-state index >= 15 is 0 Å². The Morgan fingerprint density at radius 1 is 1.39 bits per heavy atom. The molecule has 2 aliphatic carbocycles. The summed E-state index contributed by atoms with van der Waals surface area (Å²) in [5, 5.41) is 9.93. The average molecular weight is 240 g/mol. The molecule has 1 atom stereocenters. The number of hydrogen-bond acceptors (Lipinski definition) is 2. The molecule has 0 radical (unpaired) electrons. The lowest BCUT2D eigenvalue weighted by molar-refractivity contribution is -0.125. The molecular formula is C16H16O2. The molecule has 2 heteroatoms. The molecule has 0 fully saturated rings. The van der Waals surface area contributed by atoms with E-state index in [9.17, 15) is 9.90 Å². The van der Waals surface area contributed by atoms with Crippen LogP contribution in [0.15, 0.2) is 23.3 Å². The minimum atomic E-state index is -1.16. The summed E-state index contributed by atoms with van der Waals surface area (Å²) in [5.41, 5.74) is 1.22. The van der Waals surface area contributed by atoms with Crippen molar-refractivity contribution in [3.05, 3.63) is 23.3 Å². The zero-order chi connectivity index (χ0) is 13.2. The fourth-order valence-corrected chi connectivity index (χ4v) is 1.99. The summed E-state index contributed by atoms with van der Waals surface area (Å²) in [6, 6.07) is 0. The number of rotatable bonds is 0. The number of fused-ring (bicyclic) bond motifs is 1. The number of ketones is 1. The first-order valence-corrected chi connectivity index (χ1v) is 6.17. The smallest absolute Gasteiger partial charge is 0.235 e. The number of Topliss-reactive ketones (excluding diaryl/α,β-unsaturated/α-hetero) is 1. The van der Waals surface area contributed by atoms with Gasteiger partial charge in [0.2, 0.25) is 5.78 Å². The summed E-state index contributed by atoms with van der Waals surface area (Å²) in [6.07, 6.45) is 5.78. The van der Waals surface area contributed by atoms with Crippen molar-refractivity contribution in [1.82, 2.24) is 0 Å². The molecule has 2 aliphatic rings.